The molecule has 0 aromatic heterocycles. The van der Waals surface area contributed by atoms with E-state index < -0.39 is 0 Å². The van der Waals surface area contributed by atoms with Crippen molar-refractivity contribution in [3.05, 3.63) is 53.1 Å². The Hall–Kier alpha value is -3.00. The molecule has 1 aliphatic rings. The highest BCUT2D eigenvalue weighted by atomic mass is 16.5. The highest BCUT2D eigenvalue weighted by Gasteiger charge is 2.17. The molecule has 0 atom stereocenters. The second-order valence-electron chi connectivity index (χ2n) is 7.05. The number of carbonyl (C=O) groups is 1. The molecular formula is C23H26N2O3. The van der Waals surface area contributed by atoms with Crippen LogP contribution in [0.15, 0.2) is 36.4 Å². The van der Waals surface area contributed by atoms with E-state index in [1.807, 2.05) is 50.2 Å². The first-order valence-electron chi connectivity index (χ1n) is 9.71. The number of carbonyl (C=O) groups excluding carboxylic acids is 1. The second kappa shape index (κ2) is 9.27. The summed E-state index contributed by atoms with van der Waals surface area (Å²) >= 11 is 0. The molecule has 2 aromatic carbocycles. The fourth-order valence-electron chi connectivity index (χ4n) is 3.20. The van der Waals surface area contributed by atoms with E-state index in [2.05, 4.69) is 6.07 Å². The van der Waals surface area contributed by atoms with Gasteiger partial charge in [0, 0.05) is 25.1 Å². The summed E-state index contributed by atoms with van der Waals surface area (Å²) in [4.78, 5) is 14.6. The average Bonchev–Trinajstić information content (AvgIpc) is 2.94. The Balaban J connectivity index is 1.70. The number of benzene rings is 2. The Morgan fingerprint density at radius 3 is 2.61 bits per heavy atom. The third-order valence-corrected chi connectivity index (χ3v) is 4.99. The molecule has 0 fully saturated rings. The van der Waals surface area contributed by atoms with E-state index in [4.69, 9.17) is 14.7 Å². The van der Waals surface area contributed by atoms with Crippen molar-refractivity contribution in [2.75, 3.05) is 24.7 Å². The van der Waals surface area contributed by atoms with Crippen molar-refractivity contribution < 1.29 is 14.3 Å². The predicted octanol–water partition coefficient (Wildman–Crippen LogP) is 4.34. The van der Waals surface area contributed by atoms with Gasteiger partial charge in [-0.15, -0.1) is 0 Å². The van der Waals surface area contributed by atoms with Crippen molar-refractivity contribution in [2.24, 2.45) is 0 Å². The number of fused-ring (bicyclic) bond motifs is 1. The zero-order valence-corrected chi connectivity index (χ0v) is 16.5. The van der Waals surface area contributed by atoms with Crippen LogP contribution in [0.3, 0.4) is 0 Å². The quantitative estimate of drug-likeness (QED) is 0.750. The summed E-state index contributed by atoms with van der Waals surface area (Å²) in [5.74, 6) is 1.53. The van der Waals surface area contributed by atoms with Crippen LogP contribution in [0.5, 0.6) is 11.5 Å². The van der Waals surface area contributed by atoms with Gasteiger partial charge in [0.2, 0.25) is 5.91 Å². The van der Waals surface area contributed by atoms with Crippen LogP contribution in [0, 0.1) is 25.2 Å². The normalized spacial score (nSPS) is 12.8. The van der Waals surface area contributed by atoms with Gasteiger partial charge in [0.25, 0.3) is 0 Å². The molecule has 0 spiro atoms. The summed E-state index contributed by atoms with van der Waals surface area (Å²) in [6, 6.07) is 14.0. The molecule has 0 saturated carbocycles. The molecule has 0 saturated heterocycles. The zero-order chi connectivity index (χ0) is 19.9. The maximum atomic E-state index is 12.9. The van der Waals surface area contributed by atoms with E-state index in [1.54, 1.807) is 4.90 Å². The molecule has 0 N–H and O–H groups in total. The van der Waals surface area contributed by atoms with E-state index in [0.29, 0.717) is 39.0 Å². The summed E-state index contributed by atoms with van der Waals surface area (Å²) in [5.41, 5.74) is 4.21. The second-order valence-corrected chi connectivity index (χ2v) is 7.05. The van der Waals surface area contributed by atoms with Gasteiger partial charge in [0.05, 0.1) is 25.7 Å². The Morgan fingerprint density at radius 2 is 1.86 bits per heavy atom. The van der Waals surface area contributed by atoms with Gasteiger partial charge in [-0.3, -0.25) is 4.79 Å². The monoisotopic (exact) mass is 378 g/mol. The summed E-state index contributed by atoms with van der Waals surface area (Å²) in [6.45, 7) is 5.78. The first kappa shape index (κ1) is 19.8. The number of ether oxygens (including phenoxy) is 2. The van der Waals surface area contributed by atoms with Gasteiger partial charge >= 0.3 is 0 Å². The van der Waals surface area contributed by atoms with Gasteiger partial charge in [0.15, 0.2) is 11.5 Å². The van der Waals surface area contributed by atoms with E-state index in [9.17, 15) is 4.79 Å². The minimum atomic E-state index is 0.0191. The molecule has 28 heavy (non-hydrogen) atoms. The lowest BCUT2D eigenvalue weighted by atomic mass is 10.1. The summed E-state index contributed by atoms with van der Waals surface area (Å²) in [5, 5.41) is 8.97. The van der Waals surface area contributed by atoms with Gasteiger partial charge in [0.1, 0.15) is 0 Å². The first-order chi connectivity index (χ1) is 13.6. The fraction of sp³-hybridized carbons (Fsp3) is 0.391. The number of anilines is 1. The fourth-order valence-corrected chi connectivity index (χ4v) is 3.20. The van der Waals surface area contributed by atoms with E-state index in [0.717, 1.165) is 34.7 Å². The molecule has 1 aliphatic heterocycles. The molecule has 5 heteroatoms. The lowest BCUT2D eigenvalue weighted by Crippen LogP contribution is -2.32. The molecule has 0 bridgehead atoms. The number of hydrogen-bond donors (Lipinski definition) is 0. The summed E-state index contributed by atoms with van der Waals surface area (Å²) in [7, 11) is 0. The van der Waals surface area contributed by atoms with E-state index in [1.165, 1.54) is 5.56 Å². The maximum Gasteiger partial charge on any atom is 0.227 e. The highest BCUT2D eigenvalue weighted by Crippen LogP contribution is 2.31. The van der Waals surface area contributed by atoms with Crippen LogP contribution in [-0.4, -0.2) is 25.7 Å². The van der Waals surface area contributed by atoms with Crippen molar-refractivity contribution >= 4 is 11.6 Å². The highest BCUT2D eigenvalue weighted by molar-refractivity contribution is 5.93. The average molecular weight is 378 g/mol. The van der Waals surface area contributed by atoms with Crippen LogP contribution >= 0.6 is 0 Å². The van der Waals surface area contributed by atoms with E-state index in [-0.39, 0.29) is 5.91 Å². The van der Waals surface area contributed by atoms with Crippen LogP contribution in [0.2, 0.25) is 0 Å². The smallest absolute Gasteiger partial charge is 0.227 e. The maximum absolute atomic E-state index is 12.9. The molecule has 5 nitrogen and oxygen atoms in total. The van der Waals surface area contributed by atoms with Crippen LogP contribution in [0.1, 0.15) is 36.0 Å². The first-order valence-corrected chi connectivity index (χ1v) is 9.71. The van der Waals surface area contributed by atoms with Crippen LogP contribution in [-0.2, 0) is 11.2 Å². The SMILES string of the molecule is Cc1ccc(N(CCC#N)C(=O)CCc2ccc3c(c2)OCCCO3)cc1C. The molecule has 2 aromatic rings. The largest absolute Gasteiger partial charge is 0.490 e. The Labute approximate surface area is 166 Å². The lowest BCUT2D eigenvalue weighted by molar-refractivity contribution is -0.118. The molecule has 0 unspecified atom stereocenters. The van der Waals surface area contributed by atoms with Crippen molar-refractivity contribution in [1.29, 1.82) is 5.26 Å². The van der Waals surface area contributed by atoms with Crippen molar-refractivity contribution in [1.82, 2.24) is 0 Å². The van der Waals surface area contributed by atoms with Crippen LogP contribution in [0.4, 0.5) is 5.69 Å². The van der Waals surface area contributed by atoms with Gasteiger partial charge in [-0.2, -0.15) is 5.26 Å². The van der Waals surface area contributed by atoms with Crippen LogP contribution < -0.4 is 14.4 Å². The molecular weight excluding hydrogens is 352 g/mol. The third kappa shape index (κ3) is 4.83. The minimum absolute atomic E-state index is 0.0191. The molecule has 1 amide bonds. The molecule has 1 heterocycles. The Morgan fingerprint density at radius 1 is 1.07 bits per heavy atom. The summed E-state index contributed by atoms with van der Waals surface area (Å²) in [6.07, 6.45) is 2.16. The molecule has 0 aliphatic carbocycles. The predicted molar refractivity (Wildman–Crippen MR) is 109 cm³/mol. The van der Waals surface area contributed by atoms with E-state index >= 15 is 0 Å². The molecule has 3 rings (SSSR count). The van der Waals surface area contributed by atoms with Crippen molar-refractivity contribution in [3.63, 3.8) is 0 Å². The third-order valence-electron chi connectivity index (χ3n) is 4.99. The zero-order valence-electron chi connectivity index (χ0n) is 16.5. The van der Waals surface area contributed by atoms with Crippen molar-refractivity contribution in [2.45, 2.75) is 39.5 Å². The topological polar surface area (TPSA) is 62.6 Å². The number of amides is 1. The number of nitriles is 1. The molecule has 146 valence electrons. The minimum Gasteiger partial charge on any atom is -0.490 e. The van der Waals surface area contributed by atoms with Gasteiger partial charge in [-0.1, -0.05) is 12.1 Å². The number of aryl methyl sites for hydroxylation is 3. The van der Waals surface area contributed by atoms with Gasteiger partial charge in [-0.25, -0.2) is 0 Å². The Bertz CT molecular complexity index is 886. The molecule has 0 radical (unpaired) electrons. The van der Waals surface area contributed by atoms with Crippen LogP contribution in [0.25, 0.3) is 0 Å². The number of nitrogens with zero attached hydrogens (tertiary/aromatic N) is 2. The van der Waals surface area contributed by atoms with Gasteiger partial charge in [-0.05, 0) is 61.2 Å². The lowest BCUT2D eigenvalue weighted by Gasteiger charge is -2.23. The summed E-state index contributed by atoms with van der Waals surface area (Å²) < 4.78 is 11.4. The Kier molecular flexibility index (Phi) is 6.54. The standard InChI is InChI=1S/C23H26N2O3/c1-17-5-8-20(15-18(17)2)25(12-3-11-24)23(26)10-7-19-6-9-21-22(16-19)28-14-4-13-27-21/h5-6,8-9,15-16H,3-4,7,10,12-14H2,1-2H3. The number of hydrogen-bond acceptors (Lipinski definition) is 4. The van der Waals surface area contributed by atoms with Crippen molar-refractivity contribution in [3.8, 4) is 17.6 Å². The number of rotatable bonds is 6. The van der Waals surface area contributed by atoms with Gasteiger partial charge < -0.3 is 14.4 Å².